The van der Waals surface area contributed by atoms with E-state index in [1.165, 1.54) is 19.4 Å². The minimum atomic E-state index is 0.463. The van der Waals surface area contributed by atoms with Crippen LogP contribution in [-0.4, -0.2) is 30.6 Å². The summed E-state index contributed by atoms with van der Waals surface area (Å²) in [4.78, 5) is 2.53. The van der Waals surface area contributed by atoms with Crippen molar-refractivity contribution in [2.45, 2.75) is 32.4 Å². The maximum absolute atomic E-state index is 5.69. The molecule has 0 radical (unpaired) electrons. The molecule has 1 N–H and O–H groups in total. The molecule has 1 aliphatic heterocycles. The summed E-state index contributed by atoms with van der Waals surface area (Å²) >= 11 is 5.69. The Balaban J connectivity index is 1.61. The minimum absolute atomic E-state index is 0.463. The zero-order valence-corrected chi connectivity index (χ0v) is 10.5. The highest BCUT2D eigenvalue weighted by molar-refractivity contribution is 6.28. The van der Waals surface area contributed by atoms with E-state index in [1.807, 2.05) is 6.07 Å². The number of hydrogen-bond donors (Lipinski definition) is 1. The Morgan fingerprint density at radius 2 is 2.44 bits per heavy atom. The molecule has 4 heteroatoms. The molecule has 1 fully saturated rings. The lowest BCUT2D eigenvalue weighted by molar-refractivity contribution is 0.267. The molecule has 0 spiro atoms. The van der Waals surface area contributed by atoms with Gasteiger partial charge < -0.3 is 9.73 Å². The Bertz CT molecular complexity index is 327. The Morgan fingerprint density at radius 1 is 1.56 bits per heavy atom. The fraction of sp³-hybridized carbons (Fsp3) is 0.667. The number of furan rings is 1. The molecule has 1 aromatic rings. The molecule has 2 heterocycles. The summed E-state index contributed by atoms with van der Waals surface area (Å²) < 4.78 is 5.27. The second-order valence-corrected chi connectivity index (χ2v) is 4.78. The van der Waals surface area contributed by atoms with Crippen molar-refractivity contribution in [3.8, 4) is 0 Å². The molecule has 1 unspecified atom stereocenters. The van der Waals surface area contributed by atoms with Crippen molar-refractivity contribution < 1.29 is 4.42 Å². The molecule has 16 heavy (non-hydrogen) atoms. The summed E-state index contributed by atoms with van der Waals surface area (Å²) in [7, 11) is 0. The average molecular weight is 243 g/mol. The van der Waals surface area contributed by atoms with Gasteiger partial charge in [0.05, 0.1) is 6.54 Å². The zero-order chi connectivity index (χ0) is 11.4. The summed E-state index contributed by atoms with van der Waals surface area (Å²) in [6.45, 7) is 6.43. The van der Waals surface area contributed by atoms with Crippen molar-refractivity contribution in [3.05, 3.63) is 23.1 Å². The van der Waals surface area contributed by atoms with Crippen molar-refractivity contribution in [1.82, 2.24) is 10.2 Å². The summed E-state index contributed by atoms with van der Waals surface area (Å²) in [5.41, 5.74) is 0. The highest BCUT2D eigenvalue weighted by atomic mass is 35.5. The molecule has 1 saturated heterocycles. The summed E-state index contributed by atoms with van der Waals surface area (Å²) in [6.07, 6.45) is 2.68. The molecule has 1 atom stereocenters. The third-order valence-electron chi connectivity index (χ3n) is 3.19. The lowest BCUT2D eigenvalue weighted by Gasteiger charge is -2.20. The number of nitrogens with one attached hydrogen (secondary N) is 1. The Hall–Kier alpha value is -0.510. The van der Waals surface area contributed by atoms with Crippen LogP contribution in [0.2, 0.25) is 5.22 Å². The molecule has 0 aromatic carbocycles. The third-order valence-corrected chi connectivity index (χ3v) is 3.40. The normalized spacial score (nSPS) is 21.8. The van der Waals surface area contributed by atoms with Gasteiger partial charge in [-0.15, -0.1) is 0 Å². The molecule has 1 aromatic heterocycles. The van der Waals surface area contributed by atoms with E-state index in [0.29, 0.717) is 5.22 Å². The predicted octanol–water partition coefficient (Wildman–Crippen LogP) is 2.51. The molecule has 3 nitrogen and oxygen atoms in total. The van der Waals surface area contributed by atoms with E-state index < -0.39 is 0 Å². The molecular formula is C12H19ClN2O. The van der Waals surface area contributed by atoms with Crippen LogP contribution in [0.15, 0.2) is 16.5 Å². The molecule has 0 aliphatic carbocycles. The number of hydrogen-bond acceptors (Lipinski definition) is 3. The van der Waals surface area contributed by atoms with Crippen molar-refractivity contribution >= 4 is 11.6 Å². The van der Waals surface area contributed by atoms with Crippen LogP contribution in [0, 0.1) is 0 Å². The van der Waals surface area contributed by atoms with Crippen LogP contribution in [0.4, 0.5) is 0 Å². The summed E-state index contributed by atoms with van der Waals surface area (Å²) in [5.74, 6) is 0.902. The maximum atomic E-state index is 5.69. The first-order valence-corrected chi connectivity index (χ1v) is 6.32. The number of halogens is 1. The Labute approximate surface area is 102 Å². The molecule has 0 bridgehead atoms. The molecule has 1 aliphatic rings. The van der Waals surface area contributed by atoms with Crippen molar-refractivity contribution in [1.29, 1.82) is 0 Å². The SMILES string of the molecule is CC1CCCN1CCNCc1ccc(Cl)o1. The van der Waals surface area contributed by atoms with Crippen LogP contribution in [0.5, 0.6) is 0 Å². The van der Waals surface area contributed by atoms with Gasteiger partial charge in [0.2, 0.25) is 0 Å². The fourth-order valence-corrected chi connectivity index (χ4v) is 2.37. The van der Waals surface area contributed by atoms with Gasteiger partial charge in [0.25, 0.3) is 0 Å². The van der Waals surface area contributed by atoms with Gasteiger partial charge in [-0.3, -0.25) is 4.90 Å². The standard InChI is InChI=1S/C12H19ClN2O/c1-10-3-2-7-15(10)8-6-14-9-11-4-5-12(13)16-11/h4-5,10,14H,2-3,6-9H2,1H3. The number of likely N-dealkylation sites (tertiary alicyclic amines) is 1. The van der Waals surface area contributed by atoms with Gasteiger partial charge >= 0.3 is 0 Å². The molecule has 2 rings (SSSR count). The molecule has 0 saturated carbocycles. The topological polar surface area (TPSA) is 28.4 Å². The number of rotatable bonds is 5. The van der Waals surface area contributed by atoms with Crippen LogP contribution in [0.3, 0.4) is 0 Å². The van der Waals surface area contributed by atoms with Gasteiger partial charge in [-0.25, -0.2) is 0 Å². The first kappa shape index (κ1) is 12.0. The van der Waals surface area contributed by atoms with Gasteiger partial charge in [0.1, 0.15) is 5.76 Å². The van der Waals surface area contributed by atoms with Gasteiger partial charge in [-0.05, 0) is 50.0 Å². The smallest absolute Gasteiger partial charge is 0.193 e. The highest BCUT2D eigenvalue weighted by Gasteiger charge is 2.18. The second-order valence-electron chi connectivity index (χ2n) is 4.41. The van der Waals surface area contributed by atoms with Crippen LogP contribution in [0.25, 0.3) is 0 Å². The van der Waals surface area contributed by atoms with Crippen molar-refractivity contribution in [3.63, 3.8) is 0 Å². The first-order valence-electron chi connectivity index (χ1n) is 5.94. The fourth-order valence-electron chi connectivity index (χ4n) is 2.21. The van der Waals surface area contributed by atoms with Crippen LogP contribution < -0.4 is 5.32 Å². The van der Waals surface area contributed by atoms with Gasteiger partial charge in [-0.2, -0.15) is 0 Å². The van der Waals surface area contributed by atoms with Crippen molar-refractivity contribution in [2.24, 2.45) is 0 Å². The summed E-state index contributed by atoms with van der Waals surface area (Å²) in [6, 6.07) is 4.44. The quantitative estimate of drug-likeness (QED) is 0.805. The first-order chi connectivity index (χ1) is 7.75. The van der Waals surface area contributed by atoms with E-state index in [1.54, 1.807) is 6.07 Å². The van der Waals surface area contributed by atoms with Crippen LogP contribution in [-0.2, 0) is 6.54 Å². The van der Waals surface area contributed by atoms with Gasteiger partial charge in [-0.1, -0.05) is 0 Å². The molecular weight excluding hydrogens is 224 g/mol. The predicted molar refractivity (Wildman–Crippen MR) is 65.7 cm³/mol. The number of nitrogens with zero attached hydrogens (tertiary/aromatic N) is 1. The Kier molecular flexibility index (Phi) is 4.27. The largest absolute Gasteiger partial charge is 0.448 e. The van der Waals surface area contributed by atoms with E-state index in [-0.39, 0.29) is 0 Å². The van der Waals surface area contributed by atoms with Crippen molar-refractivity contribution in [2.75, 3.05) is 19.6 Å². The van der Waals surface area contributed by atoms with Gasteiger partial charge in [0, 0.05) is 19.1 Å². The highest BCUT2D eigenvalue weighted by Crippen LogP contribution is 2.15. The minimum Gasteiger partial charge on any atom is -0.448 e. The van der Waals surface area contributed by atoms with Gasteiger partial charge in [0.15, 0.2) is 5.22 Å². The monoisotopic (exact) mass is 242 g/mol. The third kappa shape index (κ3) is 3.24. The van der Waals surface area contributed by atoms with E-state index in [9.17, 15) is 0 Å². The van der Waals surface area contributed by atoms with E-state index in [0.717, 1.165) is 31.4 Å². The Morgan fingerprint density at radius 3 is 3.06 bits per heavy atom. The maximum Gasteiger partial charge on any atom is 0.193 e. The van der Waals surface area contributed by atoms with E-state index in [2.05, 4.69) is 17.1 Å². The lowest BCUT2D eigenvalue weighted by atomic mass is 10.2. The van der Waals surface area contributed by atoms with E-state index in [4.69, 9.17) is 16.0 Å². The van der Waals surface area contributed by atoms with E-state index >= 15 is 0 Å². The average Bonchev–Trinajstić information content (AvgIpc) is 2.83. The zero-order valence-electron chi connectivity index (χ0n) is 9.71. The summed E-state index contributed by atoms with van der Waals surface area (Å²) in [5, 5.41) is 3.83. The lowest BCUT2D eigenvalue weighted by Crippen LogP contribution is -2.34. The van der Waals surface area contributed by atoms with Crippen LogP contribution >= 0.6 is 11.6 Å². The molecule has 0 amide bonds. The molecule has 90 valence electrons. The second kappa shape index (κ2) is 5.71. The van der Waals surface area contributed by atoms with Crippen LogP contribution in [0.1, 0.15) is 25.5 Å².